The number of ether oxygens (including phenoxy) is 1. The van der Waals surface area contributed by atoms with Gasteiger partial charge in [-0.25, -0.2) is 17.2 Å². The number of methoxy groups -OCH3 is 1. The Kier molecular flexibility index (Phi) is 5.86. The Bertz CT molecular complexity index is 1550. The molecule has 4 aromatic rings. The third kappa shape index (κ3) is 4.19. The molecular formula is C28H24N2O4S. The van der Waals surface area contributed by atoms with Crippen LogP contribution in [0.25, 0.3) is 22.8 Å². The predicted molar refractivity (Wildman–Crippen MR) is 135 cm³/mol. The quantitative estimate of drug-likeness (QED) is 0.356. The lowest BCUT2D eigenvalue weighted by molar-refractivity contribution is 0.0592. The molecule has 0 amide bonds. The molecule has 0 radical (unpaired) electrons. The van der Waals surface area contributed by atoms with Gasteiger partial charge in [0.05, 0.1) is 12.0 Å². The van der Waals surface area contributed by atoms with E-state index >= 15 is 0 Å². The number of nitrogens with zero attached hydrogens (tertiary/aromatic N) is 2. The van der Waals surface area contributed by atoms with Gasteiger partial charge in [0.15, 0.2) is 0 Å². The van der Waals surface area contributed by atoms with Gasteiger partial charge in [-0.05, 0) is 66.8 Å². The molecule has 2 heterocycles. The van der Waals surface area contributed by atoms with Gasteiger partial charge >= 0.3 is 5.97 Å². The topological polar surface area (TPSA) is 78.3 Å². The van der Waals surface area contributed by atoms with Gasteiger partial charge in [-0.15, -0.1) is 0 Å². The maximum atomic E-state index is 13.6. The van der Waals surface area contributed by atoms with Gasteiger partial charge in [0.1, 0.15) is 5.69 Å². The second-order valence-corrected chi connectivity index (χ2v) is 10.3. The van der Waals surface area contributed by atoms with Crippen molar-refractivity contribution in [2.75, 3.05) is 7.11 Å². The van der Waals surface area contributed by atoms with Crippen LogP contribution in [0.2, 0.25) is 0 Å². The van der Waals surface area contributed by atoms with E-state index in [-0.39, 0.29) is 10.6 Å². The van der Waals surface area contributed by atoms with E-state index in [0.717, 1.165) is 37.4 Å². The number of fused-ring (bicyclic) bond motifs is 1. The monoisotopic (exact) mass is 484 g/mol. The van der Waals surface area contributed by atoms with E-state index in [1.54, 1.807) is 36.5 Å². The molecular weight excluding hydrogens is 460 g/mol. The predicted octanol–water partition coefficient (Wildman–Crippen LogP) is 5.37. The van der Waals surface area contributed by atoms with Crippen molar-refractivity contribution in [1.29, 1.82) is 0 Å². The second-order valence-electron chi connectivity index (χ2n) is 8.50. The van der Waals surface area contributed by atoms with Gasteiger partial charge in [0.25, 0.3) is 10.0 Å². The number of esters is 1. The van der Waals surface area contributed by atoms with Gasteiger partial charge in [-0.1, -0.05) is 48.0 Å². The molecule has 2 aromatic heterocycles. The van der Waals surface area contributed by atoms with Crippen LogP contribution in [0.5, 0.6) is 0 Å². The molecule has 0 saturated carbocycles. The van der Waals surface area contributed by atoms with Crippen LogP contribution < -0.4 is 0 Å². The van der Waals surface area contributed by atoms with Crippen LogP contribution in [0.15, 0.2) is 84.0 Å². The van der Waals surface area contributed by atoms with Crippen LogP contribution in [-0.4, -0.2) is 30.5 Å². The molecule has 0 N–H and O–H groups in total. The fourth-order valence-electron chi connectivity index (χ4n) is 4.46. The SMILES string of the molecule is COC(=O)c1cc2c(n1S(=O)(=O)c1ccc(C)cc1)CCC2=Cc1cccc(-c2cccnc2)c1. The number of pyridine rings is 1. The Morgan fingerprint density at radius 3 is 2.49 bits per heavy atom. The summed E-state index contributed by atoms with van der Waals surface area (Å²) in [5.41, 5.74) is 6.34. The second kappa shape index (κ2) is 9.00. The molecule has 1 aliphatic rings. The number of carbonyl (C=O) groups is 1. The summed E-state index contributed by atoms with van der Waals surface area (Å²) < 4.78 is 33.3. The molecule has 0 fully saturated rings. The third-order valence-electron chi connectivity index (χ3n) is 6.21. The van der Waals surface area contributed by atoms with Crippen LogP contribution in [0.3, 0.4) is 0 Å². The Balaban J connectivity index is 1.61. The van der Waals surface area contributed by atoms with Gasteiger partial charge < -0.3 is 4.74 Å². The molecule has 0 saturated heterocycles. The summed E-state index contributed by atoms with van der Waals surface area (Å²) in [5.74, 6) is -0.687. The molecule has 0 bridgehead atoms. The van der Waals surface area contributed by atoms with Crippen molar-refractivity contribution < 1.29 is 17.9 Å². The Morgan fingerprint density at radius 2 is 1.77 bits per heavy atom. The van der Waals surface area contributed by atoms with Crippen molar-refractivity contribution in [3.63, 3.8) is 0 Å². The molecule has 6 nitrogen and oxygen atoms in total. The zero-order valence-electron chi connectivity index (χ0n) is 19.4. The molecule has 176 valence electrons. The first-order valence-corrected chi connectivity index (χ1v) is 12.7. The zero-order chi connectivity index (χ0) is 24.6. The van der Waals surface area contributed by atoms with Gasteiger partial charge in [-0.3, -0.25) is 4.98 Å². The standard InChI is InChI=1S/C28H24N2O4S/c1-19-8-11-24(12-9-19)35(32,33)30-26-13-10-22(25(26)17-27(30)28(31)34-2)16-20-5-3-6-21(15-20)23-7-4-14-29-18-23/h3-9,11-12,14-18H,10,13H2,1-2H3. The highest BCUT2D eigenvalue weighted by molar-refractivity contribution is 7.90. The molecule has 2 aromatic carbocycles. The normalized spacial score (nSPS) is 14.2. The van der Waals surface area contributed by atoms with E-state index < -0.39 is 16.0 Å². The lowest BCUT2D eigenvalue weighted by Crippen LogP contribution is -2.21. The highest BCUT2D eigenvalue weighted by atomic mass is 32.2. The number of rotatable bonds is 5. The van der Waals surface area contributed by atoms with Crippen LogP contribution in [-0.2, 0) is 21.2 Å². The lowest BCUT2D eigenvalue weighted by atomic mass is 10.0. The number of aryl methyl sites for hydroxylation is 1. The maximum Gasteiger partial charge on any atom is 0.355 e. The van der Waals surface area contributed by atoms with E-state index in [9.17, 15) is 13.2 Å². The summed E-state index contributed by atoms with van der Waals surface area (Å²) in [6.07, 6.45) is 6.79. The number of benzene rings is 2. The molecule has 1 aliphatic carbocycles. The first-order valence-electron chi connectivity index (χ1n) is 11.2. The summed E-state index contributed by atoms with van der Waals surface area (Å²) in [6.45, 7) is 1.89. The molecule has 5 rings (SSSR count). The van der Waals surface area contributed by atoms with Crippen molar-refractivity contribution in [3.05, 3.63) is 107 Å². The fourth-order valence-corrected chi connectivity index (χ4v) is 6.02. The molecule has 0 atom stereocenters. The maximum absolute atomic E-state index is 13.6. The van der Waals surface area contributed by atoms with Crippen LogP contribution >= 0.6 is 0 Å². The molecule has 0 spiro atoms. The fraction of sp³-hybridized carbons (Fsp3) is 0.143. The van der Waals surface area contributed by atoms with Crippen molar-refractivity contribution in [3.8, 4) is 11.1 Å². The Morgan fingerprint density at radius 1 is 1.00 bits per heavy atom. The zero-order valence-corrected chi connectivity index (χ0v) is 20.2. The molecule has 0 unspecified atom stereocenters. The lowest BCUT2D eigenvalue weighted by Gasteiger charge is -2.12. The number of hydrogen-bond donors (Lipinski definition) is 0. The summed E-state index contributed by atoms with van der Waals surface area (Å²) in [7, 11) is -2.73. The average Bonchev–Trinajstić information content (AvgIpc) is 3.45. The number of aromatic nitrogens is 2. The average molecular weight is 485 g/mol. The van der Waals surface area contributed by atoms with Crippen molar-refractivity contribution in [2.45, 2.75) is 24.7 Å². The number of allylic oxidation sites excluding steroid dienone is 1. The summed E-state index contributed by atoms with van der Waals surface area (Å²) in [5, 5.41) is 0. The third-order valence-corrected chi connectivity index (χ3v) is 7.97. The van der Waals surface area contributed by atoms with Crippen LogP contribution in [0.4, 0.5) is 0 Å². The van der Waals surface area contributed by atoms with E-state index in [4.69, 9.17) is 4.74 Å². The molecule has 35 heavy (non-hydrogen) atoms. The highest BCUT2D eigenvalue weighted by Gasteiger charge is 2.33. The largest absolute Gasteiger partial charge is 0.464 e. The van der Waals surface area contributed by atoms with Crippen LogP contribution in [0.1, 0.15) is 39.3 Å². The summed E-state index contributed by atoms with van der Waals surface area (Å²) in [4.78, 5) is 16.9. The Labute approximate surface area is 204 Å². The minimum Gasteiger partial charge on any atom is -0.464 e. The summed E-state index contributed by atoms with van der Waals surface area (Å²) in [6, 6.07) is 20.2. The first kappa shape index (κ1) is 22.8. The molecule has 0 aliphatic heterocycles. The Hall–Kier alpha value is -3.97. The van der Waals surface area contributed by atoms with Gasteiger partial charge in [0, 0.05) is 29.2 Å². The molecule has 7 heteroatoms. The van der Waals surface area contributed by atoms with E-state index in [1.165, 1.54) is 7.11 Å². The highest BCUT2D eigenvalue weighted by Crippen LogP contribution is 2.38. The van der Waals surface area contributed by atoms with E-state index in [0.29, 0.717) is 18.5 Å². The van der Waals surface area contributed by atoms with Crippen molar-refractivity contribution in [1.82, 2.24) is 8.96 Å². The van der Waals surface area contributed by atoms with Gasteiger partial charge in [-0.2, -0.15) is 0 Å². The van der Waals surface area contributed by atoms with Crippen molar-refractivity contribution in [2.24, 2.45) is 0 Å². The summed E-state index contributed by atoms with van der Waals surface area (Å²) >= 11 is 0. The minimum atomic E-state index is -3.98. The van der Waals surface area contributed by atoms with Crippen LogP contribution in [0, 0.1) is 6.92 Å². The van der Waals surface area contributed by atoms with E-state index in [2.05, 4.69) is 17.1 Å². The number of carbonyl (C=O) groups excluding carboxylic acids is 1. The number of hydrogen-bond acceptors (Lipinski definition) is 5. The smallest absolute Gasteiger partial charge is 0.355 e. The van der Waals surface area contributed by atoms with E-state index in [1.807, 2.05) is 43.5 Å². The van der Waals surface area contributed by atoms with Crippen molar-refractivity contribution >= 4 is 27.6 Å². The van der Waals surface area contributed by atoms with Gasteiger partial charge in [0.2, 0.25) is 0 Å². The first-order chi connectivity index (χ1) is 16.9. The minimum absolute atomic E-state index is 0.00721.